The lowest BCUT2D eigenvalue weighted by molar-refractivity contribution is -0.156. The molecule has 1 aromatic heterocycles. The van der Waals surface area contributed by atoms with Crippen molar-refractivity contribution < 1.29 is 22.8 Å². The van der Waals surface area contributed by atoms with Crippen molar-refractivity contribution in [1.82, 2.24) is 14.4 Å². The van der Waals surface area contributed by atoms with Gasteiger partial charge in [-0.2, -0.15) is 4.31 Å². The zero-order valence-electron chi connectivity index (χ0n) is 12.7. The highest BCUT2D eigenvalue weighted by Crippen LogP contribution is 2.16. The van der Waals surface area contributed by atoms with Crippen LogP contribution in [0.4, 0.5) is 10.2 Å². The van der Waals surface area contributed by atoms with E-state index in [2.05, 4.69) is 4.98 Å². The summed E-state index contributed by atoms with van der Waals surface area (Å²) in [6, 6.07) is 2.03. The number of amides is 1. The number of sulfonamides is 1. The molecule has 1 saturated heterocycles. The monoisotopic (exact) mass is 346 g/mol. The summed E-state index contributed by atoms with van der Waals surface area (Å²) in [6.45, 7) is 2.84. The van der Waals surface area contributed by atoms with Crippen molar-refractivity contribution in [2.75, 3.05) is 36.8 Å². The molecule has 0 bridgehead atoms. The molecule has 0 aromatic carbocycles. The van der Waals surface area contributed by atoms with Crippen molar-refractivity contribution >= 4 is 22.3 Å². The fourth-order valence-electron chi connectivity index (χ4n) is 2.34. The molecule has 1 aliphatic rings. The summed E-state index contributed by atoms with van der Waals surface area (Å²) >= 11 is 0. The molecule has 1 amide bonds. The van der Waals surface area contributed by atoms with Gasteiger partial charge in [0.1, 0.15) is 11.6 Å². The van der Waals surface area contributed by atoms with Crippen LogP contribution in [0.15, 0.2) is 18.3 Å². The Hall–Kier alpha value is -1.78. The second kappa shape index (κ2) is 7.20. The summed E-state index contributed by atoms with van der Waals surface area (Å²) < 4.78 is 38.8. The Kier molecular flexibility index (Phi) is 5.50. The lowest BCUT2D eigenvalue weighted by Crippen LogP contribution is -2.51. The number of hydrogen-bond acceptors (Lipinski definition) is 6. The third kappa shape index (κ3) is 4.36. The van der Waals surface area contributed by atoms with Crippen LogP contribution in [0.3, 0.4) is 0 Å². The minimum absolute atomic E-state index is 0.179. The molecule has 0 saturated carbocycles. The molecule has 0 spiro atoms. The van der Waals surface area contributed by atoms with Crippen molar-refractivity contribution in [2.24, 2.45) is 0 Å². The van der Waals surface area contributed by atoms with Gasteiger partial charge in [0.05, 0.1) is 18.0 Å². The van der Waals surface area contributed by atoms with E-state index in [1.165, 1.54) is 17.3 Å². The number of anilines is 1. The second-order valence-corrected chi connectivity index (χ2v) is 7.35. The van der Waals surface area contributed by atoms with Crippen molar-refractivity contribution in [3.8, 4) is 0 Å². The standard InChI is InChI=1S/C13H19FN4O4S/c1-11(18(20)10-19)9-23(21,22)17-6-4-16(5-7-17)13-3-2-12(14)8-15-13/h2-3,8,10-11,20H,4-7,9H2,1H3. The van der Waals surface area contributed by atoms with Gasteiger partial charge in [-0.3, -0.25) is 10.0 Å². The Morgan fingerprint density at radius 1 is 1.39 bits per heavy atom. The molecule has 1 aliphatic heterocycles. The van der Waals surface area contributed by atoms with Gasteiger partial charge >= 0.3 is 0 Å². The van der Waals surface area contributed by atoms with Gasteiger partial charge in [0.25, 0.3) is 0 Å². The van der Waals surface area contributed by atoms with Crippen LogP contribution in [0, 0.1) is 5.82 Å². The zero-order valence-corrected chi connectivity index (χ0v) is 13.5. The van der Waals surface area contributed by atoms with Crippen LogP contribution in [-0.4, -0.2) is 72.4 Å². The van der Waals surface area contributed by atoms with E-state index >= 15 is 0 Å². The van der Waals surface area contributed by atoms with E-state index in [4.69, 9.17) is 0 Å². The molecule has 1 atom stereocenters. The van der Waals surface area contributed by atoms with Crippen LogP contribution in [0.1, 0.15) is 6.92 Å². The van der Waals surface area contributed by atoms with Gasteiger partial charge in [-0.15, -0.1) is 0 Å². The Labute approximate surface area is 134 Å². The number of pyridine rings is 1. The first-order chi connectivity index (χ1) is 10.8. The summed E-state index contributed by atoms with van der Waals surface area (Å²) in [5.41, 5.74) is 0. The average molecular weight is 346 g/mol. The van der Waals surface area contributed by atoms with Gasteiger partial charge in [-0.25, -0.2) is 22.9 Å². The Morgan fingerprint density at radius 3 is 2.57 bits per heavy atom. The number of rotatable bonds is 6. The first kappa shape index (κ1) is 17.6. The maximum Gasteiger partial charge on any atom is 0.233 e. The van der Waals surface area contributed by atoms with Gasteiger partial charge in [-0.05, 0) is 19.1 Å². The predicted octanol–water partition coefficient (Wildman–Crippen LogP) is -0.0914. The molecule has 1 aromatic rings. The number of nitrogens with zero attached hydrogens (tertiary/aromatic N) is 4. The van der Waals surface area contributed by atoms with Crippen molar-refractivity contribution in [2.45, 2.75) is 13.0 Å². The topological polar surface area (TPSA) is 94.1 Å². The number of piperazine rings is 1. The highest BCUT2D eigenvalue weighted by Gasteiger charge is 2.30. The van der Waals surface area contributed by atoms with E-state index in [1.54, 1.807) is 6.07 Å². The molecule has 128 valence electrons. The number of carbonyl (C=O) groups excluding carboxylic acids is 1. The van der Waals surface area contributed by atoms with Crippen LogP contribution < -0.4 is 4.90 Å². The maximum absolute atomic E-state index is 12.9. The molecular weight excluding hydrogens is 327 g/mol. The lowest BCUT2D eigenvalue weighted by atomic mass is 10.3. The Bertz CT molecular complexity index is 632. The molecule has 1 N–H and O–H groups in total. The molecule has 1 unspecified atom stereocenters. The van der Waals surface area contributed by atoms with Crippen LogP contribution in [0.5, 0.6) is 0 Å². The lowest BCUT2D eigenvalue weighted by Gasteiger charge is -2.35. The number of aromatic nitrogens is 1. The predicted molar refractivity (Wildman–Crippen MR) is 80.9 cm³/mol. The smallest absolute Gasteiger partial charge is 0.233 e. The van der Waals surface area contributed by atoms with Crippen LogP contribution in [0.2, 0.25) is 0 Å². The summed E-state index contributed by atoms with van der Waals surface area (Å²) in [7, 11) is -3.58. The van der Waals surface area contributed by atoms with Gasteiger partial charge in [0.2, 0.25) is 16.4 Å². The van der Waals surface area contributed by atoms with Crippen molar-refractivity contribution in [3.05, 3.63) is 24.1 Å². The van der Waals surface area contributed by atoms with Crippen LogP contribution >= 0.6 is 0 Å². The maximum atomic E-state index is 12.9. The third-order valence-corrected chi connectivity index (χ3v) is 5.73. The number of hydroxylamine groups is 2. The Morgan fingerprint density at radius 2 is 2.04 bits per heavy atom. The number of carbonyl (C=O) groups is 1. The Balaban J connectivity index is 1.95. The first-order valence-electron chi connectivity index (χ1n) is 7.10. The van der Waals surface area contributed by atoms with Gasteiger partial charge < -0.3 is 4.90 Å². The highest BCUT2D eigenvalue weighted by molar-refractivity contribution is 7.89. The van der Waals surface area contributed by atoms with E-state index in [1.807, 2.05) is 4.90 Å². The summed E-state index contributed by atoms with van der Waals surface area (Å²) in [6.07, 6.45) is 1.30. The highest BCUT2D eigenvalue weighted by atomic mass is 32.2. The molecular formula is C13H19FN4O4S. The fourth-order valence-corrected chi connectivity index (χ4v) is 4.03. The molecule has 2 rings (SSSR count). The molecule has 23 heavy (non-hydrogen) atoms. The number of hydrogen-bond donors (Lipinski definition) is 1. The molecule has 1 fully saturated rings. The molecule has 0 aliphatic carbocycles. The summed E-state index contributed by atoms with van der Waals surface area (Å²) in [4.78, 5) is 16.3. The minimum Gasteiger partial charge on any atom is -0.354 e. The molecule has 8 nitrogen and oxygen atoms in total. The third-order valence-electron chi connectivity index (χ3n) is 3.68. The quantitative estimate of drug-likeness (QED) is 0.439. The van der Waals surface area contributed by atoms with Crippen molar-refractivity contribution in [1.29, 1.82) is 0 Å². The SMILES string of the molecule is CC(CS(=O)(=O)N1CCN(c2ccc(F)cn2)CC1)N(O)C=O. The average Bonchev–Trinajstić information content (AvgIpc) is 2.54. The van der Waals surface area contributed by atoms with Crippen molar-refractivity contribution in [3.63, 3.8) is 0 Å². The number of halogens is 1. The van der Waals surface area contributed by atoms with Gasteiger partial charge in [0.15, 0.2) is 0 Å². The second-order valence-electron chi connectivity index (χ2n) is 5.33. The van der Waals surface area contributed by atoms with Crippen LogP contribution in [0.25, 0.3) is 0 Å². The van der Waals surface area contributed by atoms with Gasteiger partial charge in [-0.1, -0.05) is 0 Å². The van der Waals surface area contributed by atoms with E-state index in [0.717, 1.165) is 6.20 Å². The molecule has 2 heterocycles. The van der Waals surface area contributed by atoms with Gasteiger partial charge in [0, 0.05) is 26.2 Å². The minimum atomic E-state index is -3.58. The largest absolute Gasteiger partial charge is 0.354 e. The fraction of sp³-hybridized carbons (Fsp3) is 0.538. The van der Waals surface area contributed by atoms with Crippen LogP contribution in [-0.2, 0) is 14.8 Å². The normalized spacial score (nSPS) is 17.8. The van der Waals surface area contributed by atoms with E-state index in [9.17, 15) is 22.8 Å². The van der Waals surface area contributed by atoms with E-state index in [-0.39, 0.29) is 25.3 Å². The van der Waals surface area contributed by atoms with E-state index in [0.29, 0.717) is 24.0 Å². The summed E-state index contributed by atoms with van der Waals surface area (Å²) in [5.74, 6) is -0.177. The molecule has 10 heteroatoms. The first-order valence-corrected chi connectivity index (χ1v) is 8.71. The molecule has 0 radical (unpaired) electrons. The zero-order chi connectivity index (χ0) is 17.0. The summed E-state index contributed by atoms with van der Waals surface area (Å²) in [5, 5.41) is 9.58. The van der Waals surface area contributed by atoms with E-state index < -0.39 is 21.9 Å².